The minimum atomic E-state index is 0.150. The molecule has 0 aliphatic heterocycles. The van der Waals surface area contributed by atoms with Gasteiger partial charge in [0.1, 0.15) is 0 Å². The van der Waals surface area contributed by atoms with Gasteiger partial charge in [-0.25, -0.2) is 0 Å². The van der Waals surface area contributed by atoms with E-state index in [1.54, 1.807) is 18.7 Å². The Labute approximate surface area is 76.0 Å². The van der Waals surface area contributed by atoms with Crippen molar-refractivity contribution in [3.05, 3.63) is 42.1 Å². The summed E-state index contributed by atoms with van der Waals surface area (Å²) in [5, 5.41) is 9.88. The molecule has 0 amide bonds. The number of nitrogens with zero attached hydrogens (tertiary/aromatic N) is 1. The molecule has 2 aromatic rings. The Kier molecular flexibility index (Phi) is 2.14. The normalized spacial score (nSPS) is 13.0. The molecule has 4 nitrogen and oxygen atoms in total. The standard InChI is InChI=1S/C9H11N3O/c1-10-9(7-2-3-13-6-7)8-4-11-12-5-8/h2-6,9-10H,1H3,(H,11,12). The number of H-pyrrole nitrogens is 1. The smallest absolute Gasteiger partial charge is 0.0953 e. The van der Waals surface area contributed by atoms with E-state index in [4.69, 9.17) is 4.42 Å². The second kappa shape index (κ2) is 3.45. The van der Waals surface area contributed by atoms with Gasteiger partial charge in [0.05, 0.1) is 24.8 Å². The van der Waals surface area contributed by atoms with Crippen molar-refractivity contribution in [2.75, 3.05) is 7.05 Å². The van der Waals surface area contributed by atoms with Crippen LogP contribution in [-0.2, 0) is 0 Å². The second-order valence-electron chi connectivity index (χ2n) is 2.81. The number of hydrogen-bond donors (Lipinski definition) is 2. The summed E-state index contributed by atoms with van der Waals surface area (Å²) in [6.07, 6.45) is 7.07. The van der Waals surface area contributed by atoms with Crippen LogP contribution in [0.3, 0.4) is 0 Å². The third-order valence-electron chi connectivity index (χ3n) is 2.02. The number of furan rings is 1. The predicted molar refractivity (Wildman–Crippen MR) is 48.2 cm³/mol. The van der Waals surface area contributed by atoms with Crippen LogP contribution in [0.5, 0.6) is 0 Å². The van der Waals surface area contributed by atoms with Gasteiger partial charge in [0.2, 0.25) is 0 Å². The third kappa shape index (κ3) is 1.48. The highest BCUT2D eigenvalue weighted by molar-refractivity contribution is 5.25. The molecule has 2 N–H and O–H groups in total. The van der Waals surface area contributed by atoms with Gasteiger partial charge in [-0.2, -0.15) is 5.10 Å². The molecule has 0 spiro atoms. The van der Waals surface area contributed by atoms with E-state index in [9.17, 15) is 0 Å². The maximum atomic E-state index is 5.02. The molecule has 4 heteroatoms. The molecule has 0 saturated heterocycles. The van der Waals surface area contributed by atoms with E-state index in [2.05, 4.69) is 15.5 Å². The highest BCUT2D eigenvalue weighted by Crippen LogP contribution is 2.20. The fraction of sp³-hybridized carbons (Fsp3) is 0.222. The first-order valence-electron chi connectivity index (χ1n) is 4.10. The number of rotatable bonds is 3. The molecule has 2 rings (SSSR count). The number of aromatic nitrogens is 2. The van der Waals surface area contributed by atoms with Crippen LogP contribution in [0.25, 0.3) is 0 Å². The molecular formula is C9H11N3O. The average Bonchev–Trinajstić information content (AvgIpc) is 2.76. The van der Waals surface area contributed by atoms with Crippen molar-refractivity contribution in [1.29, 1.82) is 0 Å². The van der Waals surface area contributed by atoms with Crippen LogP contribution in [-0.4, -0.2) is 17.2 Å². The Bertz CT molecular complexity index is 305. The van der Waals surface area contributed by atoms with Crippen LogP contribution >= 0.6 is 0 Å². The fourth-order valence-corrected chi connectivity index (χ4v) is 1.38. The van der Waals surface area contributed by atoms with Gasteiger partial charge in [0, 0.05) is 17.3 Å². The summed E-state index contributed by atoms with van der Waals surface area (Å²) in [6.45, 7) is 0. The minimum Gasteiger partial charge on any atom is -0.472 e. The number of nitrogens with one attached hydrogen (secondary N) is 2. The lowest BCUT2D eigenvalue weighted by Gasteiger charge is -2.11. The molecule has 0 bridgehead atoms. The zero-order valence-electron chi connectivity index (χ0n) is 7.32. The first kappa shape index (κ1) is 8.07. The molecule has 0 aliphatic rings. The van der Waals surface area contributed by atoms with Gasteiger partial charge < -0.3 is 9.73 Å². The first-order chi connectivity index (χ1) is 6.42. The van der Waals surface area contributed by atoms with E-state index in [1.807, 2.05) is 19.3 Å². The number of aromatic amines is 1. The zero-order chi connectivity index (χ0) is 9.10. The van der Waals surface area contributed by atoms with Crippen molar-refractivity contribution >= 4 is 0 Å². The van der Waals surface area contributed by atoms with Gasteiger partial charge >= 0.3 is 0 Å². The molecule has 68 valence electrons. The summed E-state index contributed by atoms with van der Waals surface area (Å²) in [7, 11) is 1.91. The SMILES string of the molecule is CNC(c1cn[nH]c1)c1ccoc1. The van der Waals surface area contributed by atoms with Crippen LogP contribution < -0.4 is 5.32 Å². The molecule has 0 aromatic carbocycles. The summed E-state index contributed by atoms with van der Waals surface area (Å²) in [5.74, 6) is 0. The maximum Gasteiger partial charge on any atom is 0.0953 e. The molecule has 0 fully saturated rings. The molecule has 1 atom stereocenters. The van der Waals surface area contributed by atoms with Crippen LogP contribution in [0.1, 0.15) is 17.2 Å². The van der Waals surface area contributed by atoms with Gasteiger partial charge in [-0.3, -0.25) is 5.10 Å². The lowest BCUT2D eigenvalue weighted by Crippen LogP contribution is -2.16. The topological polar surface area (TPSA) is 53.9 Å². The molecule has 1 unspecified atom stereocenters. The average molecular weight is 177 g/mol. The molecule has 0 aliphatic carbocycles. The Balaban J connectivity index is 2.29. The molecule has 0 saturated carbocycles. The molecule has 2 aromatic heterocycles. The molecule has 0 radical (unpaired) electrons. The Hall–Kier alpha value is -1.55. The summed E-state index contributed by atoms with van der Waals surface area (Å²) in [5.41, 5.74) is 2.20. The van der Waals surface area contributed by atoms with Crippen molar-refractivity contribution in [2.24, 2.45) is 0 Å². The number of hydrogen-bond acceptors (Lipinski definition) is 3. The van der Waals surface area contributed by atoms with Crippen molar-refractivity contribution in [3.8, 4) is 0 Å². The van der Waals surface area contributed by atoms with Gasteiger partial charge in [-0.05, 0) is 13.1 Å². The fourth-order valence-electron chi connectivity index (χ4n) is 1.38. The zero-order valence-corrected chi connectivity index (χ0v) is 7.32. The third-order valence-corrected chi connectivity index (χ3v) is 2.02. The lowest BCUT2D eigenvalue weighted by atomic mass is 10.1. The maximum absolute atomic E-state index is 5.02. The predicted octanol–water partition coefficient (Wildman–Crippen LogP) is 1.31. The van der Waals surface area contributed by atoms with Gasteiger partial charge in [0.25, 0.3) is 0 Å². The van der Waals surface area contributed by atoms with Crippen molar-refractivity contribution < 1.29 is 4.42 Å². The van der Waals surface area contributed by atoms with E-state index >= 15 is 0 Å². The van der Waals surface area contributed by atoms with Gasteiger partial charge in [-0.1, -0.05) is 0 Å². The summed E-state index contributed by atoms with van der Waals surface area (Å²) >= 11 is 0. The summed E-state index contributed by atoms with van der Waals surface area (Å²) in [6, 6.07) is 2.09. The Morgan fingerprint density at radius 3 is 3.00 bits per heavy atom. The van der Waals surface area contributed by atoms with Crippen LogP contribution in [0, 0.1) is 0 Å². The molecule has 2 heterocycles. The molecule has 13 heavy (non-hydrogen) atoms. The van der Waals surface area contributed by atoms with E-state index in [0.717, 1.165) is 11.1 Å². The first-order valence-corrected chi connectivity index (χ1v) is 4.10. The summed E-state index contributed by atoms with van der Waals surface area (Å²) in [4.78, 5) is 0. The van der Waals surface area contributed by atoms with E-state index in [0.29, 0.717) is 0 Å². The van der Waals surface area contributed by atoms with Crippen molar-refractivity contribution in [2.45, 2.75) is 6.04 Å². The lowest BCUT2D eigenvalue weighted by molar-refractivity contribution is 0.557. The largest absolute Gasteiger partial charge is 0.472 e. The van der Waals surface area contributed by atoms with Crippen LogP contribution in [0.4, 0.5) is 0 Å². The van der Waals surface area contributed by atoms with Crippen LogP contribution in [0.15, 0.2) is 35.4 Å². The Morgan fingerprint density at radius 1 is 1.54 bits per heavy atom. The van der Waals surface area contributed by atoms with Crippen molar-refractivity contribution in [3.63, 3.8) is 0 Å². The van der Waals surface area contributed by atoms with E-state index < -0.39 is 0 Å². The van der Waals surface area contributed by atoms with Gasteiger partial charge in [0.15, 0.2) is 0 Å². The van der Waals surface area contributed by atoms with Gasteiger partial charge in [-0.15, -0.1) is 0 Å². The molecular weight excluding hydrogens is 166 g/mol. The van der Waals surface area contributed by atoms with E-state index in [1.165, 1.54) is 0 Å². The monoisotopic (exact) mass is 177 g/mol. The minimum absolute atomic E-state index is 0.150. The summed E-state index contributed by atoms with van der Waals surface area (Å²) < 4.78 is 5.02. The Morgan fingerprint density at radius 2 is 2.46 bits per heavy atom. The van der Waals surface area contributed by atoms with Crippen LogP contribution in [0.2, 0.25) is 0 Å². The van der Waals surface area contributed by atoms with E-state index in [-0.39, 0.29) is 6.04 Å². The highest BCUT2D eigenvalue weighted by Gasteiger charge is 2.13. The quantitative estimate of drug-likeness (QED) is 0.743. The second-order valence-corrected chi connectivity index (χ2v) is 2.81. The van der Waals surface area contributed by atoms with Crippen molar-refractivity contribution in [1.82, 2.24) is 15.5 Å². The highest BCUT2D eigenvalue weighted by atomic mass is 16.3.